The van der Waals surface area contributed by atoms with E-state index < -0.39 is 5.91 Å². The van der Waals surface area contributed by atoms with Crippen LogP contribution in [0.1, 0.15) is 10.4 Å². The summed E-state index contributed by atoms with van der Waals surface area (Å²) in [7, 11) is 0. The predicted molar refractivity (Wildman–Crippen MR) is 75.3 cm³/mol. The molecular formula is C14H13N3O3. The average Bonchev–Trinajstić information content (AvgIpc) is 2.37. The number of rotatable bonds is 2. The molecule has 6 nitrogen and oxygen atoms in total. The number of nitrogens with zero attached hydrogens (tertiary/aromatic N) is 1. The molecule has 2 aromatic carbocycles. The van der Waals surface area contributed by atoms with E-state index in [1.807, 2.05) is 0 Å². The predicted octanol–water partition coefficient (Wildman–Crippen LogP) is 1.18. The number of benzene rings is 2. The third-order valence-electron chi connectivity index (χ3n) is 2.58. The Hall–Kier alpha value is -3.02. The van der Waals surface area contributed by atoms with Crippen LogP contribution in [0.3, 0.4) is 0 Å². The van der Waals surface area contributed by atoms with Crippen LogP contribution in [0.15, 0.2) is 47.5 Å². The minimum Gasteiger partial charge on any atom is -0.508 e. The maximum absolute atomic E-state index is 11.7. The van der Waals surface area contributed by atoms with Gasteiger partial charge in [-0.15, -0.1) is 0 Å². The zero-order valence-electron chi connectivity index (χ0n) is 10.4. The fourth-order valence-corrected chi connectivity index (χ4v) is 1.78. The highest BCUT2D eigenvalue weighted by Gasteiger charge is 2.08. The molecule has 0 aliphatic heterocycles. The van der Waals surface area contributed by atoms with E-state index in [1.54, 1.807) is 24.3 Å². The van der Waals surface area contributed by atoms with Crippen molar-refractivity contribution in [3.8, 4) is 22.6 Å². The van der Waals surface area contributed by atoms with Gasteiger partial charge in [-0.25, -0.2) is 0 Å². The SMILES string of the molecule is NC(N)=NC(=O)c1cccc(-c2cc(O)cc(O)c2)c1. The Labute approximate surface area is 115 Å². The van der Waals surface area contributed by atoms with Crippen molar-refractivity contribution in [2.24, 2.45) is 16.5 Å². The minimum absolute atomic E-state index is 0.0686. The fourth-order valence-electron chi connectivity index (χ4n) is 1.78. The van der Waals surface area contributed by atoms with Crippen LogP contribution in [-0.2, 0) is 0 Å². The van der Waals surface area contributed by atoms with Gasteiger partial charge in [0.1, 0.15) is 11.5 Å². The second-order valence-corrected chi connectivity index (χ2v) is 4.16. The summed E-state index contributed by atoms with van der Waals surface area (Å²) >= 11 is 0. The first-order valence-electron chi connectivity index (χ1n) is 5.73. The first-order valence-corrected chi connectivity index (χ1v) is 5.73. The molecule has 20 heavy (non-hydrogen) atoms. The number of nitrogens with two attached hydrogens (primary N) is 2. The molecular weight excluding hydrogens is 258 g/mol. The quantitative estimate of drug-likeness (QED) is 0.482. The summed E-state index contributed by atoms with van der Waals surface area (Å²) < 4.78 is 0. The Morgan fingerprint density at radius 3 is 2.20 bits per heavy atom. The van der Waals surface area contributed by atoms with Crippen LogP contribution >= 0.6 is 0 Å². The Morgan fingerprint density at radius 1 is 0.950 bits per heavy atom. The fraction of sp³-hybridized carbons (Fsp3) is 0. The third kappa shape index (κ3) is 3.05. The monoisotopic (exact) mass is 271 g/mol. The van der Waals surface area contributed by atoms with Crippen molar-refractivity contribution in [1.29, 1.82) is 0 Å². The molecule has 6 heteroatoms. The van der Waals surface area contributed by atoms with E-state index in [0.717, 1.165) is 0 Å². The molecule has 2 aromatic rings. The number of carbonyl (C=O) groups is 1. The molecule has 0 saturated carbocycles. The molecule has 102 valence electrons. The van der Waals surface area contributed by atoms with E-state index in [1.165, 1.54) is 18.2 Å². The number of hydrogen-bond donors (Lipinski definition) is 4. The maximum Gasteiger partial charge on any atom is 0.280 e. The molecule has 0 saturated heterocycles. The Bertz CT molecular complexity index is 672. The van der Waals surface area contributed by atoms with Crippen LogP contribution in [-0.4, -0.2) is 22.1 Å². The van der Waals surface area contributed by atoms with Crippen LogP contribution < -0.4 is 11.5 Å². The number of phenols is 2. The zero-order valence-corrected chi connectivity index (χ0v) is 10.4. The summed E-state index contributed by atoms with van der Waals surface area (Å²) in [5, 5.41) is 18.9. The number of guanidine groups is 1. The van der Waals surface area contributed by atoms with Crippen LogP contribution in [0.4, 0.5) is 0 Å². The summed E-state index contributed by atoms with van der Waals surface area (Å²) in [5.41, 5.74) is 11.8. The van der Waals surface area contributed by atoms with Crippen LogP contribution in [0, 0.1) is 0 Å². The number of phenolic OH excluding ortho intramolecular Hbond substituents is 2. The summed E-state index contributed by atoms with van der Waals surface area (Å²) in [4.78, 5) is 15.2. The van der Waals surface area contributed by atoms with Gasteiger partial charge in [-0.2, -0.15) is 4.99 Å². The van der Waals surface area contributed by atoms with Gasteiger partial charge in [0.05, 0.1) is 0 Å². The Kier molecular flexibility index (Phi) is 3.56. The molecule has 0 radical (unpaired) electrons. The molecule has 0 heterocycles. The Morgan fingerprint density at radius 2 is 1.60 bits per heavy atom. The van der Waals surface area contributed by atoms with Gasteiger partial charge in [-0.1, -0.05) is 12.1 Å². The summed E-state index contributed by atoms with van der Waals surface area (Å²) in [6, 6.07) is 10.7. The lowest BCUT2D eigenvalue weighted by molar-refractivity contribution is 0.100. The zero-order chi connectivity index (χ0) is 14.7. The van der Waals surface area contributed by atoms with Crippen molar-refractivity contribution in [3.05, 3.63) is 48.0 Å². The van der Waals surface area contributed by atoms with Crippen molar-refractivity contribution in [3.63, 3.8) is 0 Å². The lowest BCUT2D eigenvalue weighted by Gasteiger charge is -2.05. The van der Waals surface area contributed by atoms with Crippen LogP contribution in [0.5, 0.6) is 11.5 Å². The largest absolute Gasteiger partial charge is 0.508 e. The van der Waals surface area contributed by atoms with Crippen molar-refractivity contribution >= 4 is 11.9 Å². The van der Waals surface area contributed by atoms with Gasteiger partial charge < -0.3 is 21.7 Å². The van der Waals surface area contributed by atoms with Crippen molar-refractivity contribution < 1.29 is 15.0 Å². The highest BCUT2D eigenvalue weighted by molar-refractivity contribution is 6.02. The van der Waals surface area contributed by atoms with Gasteiger partial charge in [0.25, 0.3) is 5.91 Å². The van der Waals surface area contributed by atoms with Crippen molar-refractivity contribution in [2.45, 2.75) is 0 Å². The maximum atomic E-state index is 11.7. The molecule has 0 unspecified atom stereocenters. The van der Waals surface area contributed by atoms with Gasteiger partial charge >= 0.3 is 0 Å². The molecule has 2 rings (SSSR count). The molecule has 0 aliphatic rings. The first-order chi connectivity index (χ1) is 9.45. The van der Waals surface area contributed by atoms with Gasteiger partial charge in [0.15, 0.2) is 5.96 Å². The van der Waals surface area contributed by atoms with E-state index in [0.29, 0.717) is 16.7 Å². The summed E-state index contributed by atoms with van der Waals surface area (Å²) in [5.74, 6) is -1.01. The highest BCUT2D eigenvalue weighted by atomic mass is 16.3. The second-order valence-electron chi connectivity index (χ2n) is 4.16. The van der Waals surface area contributed by atoms with E-state index in [2.05, 4.69) is 4.99 Å². The minimum atomic E-state index is -0.559. The average molecular weight is 271 g/mol. The molecule has 1 amide bonds. The topological polar surface area (TPSA) is 122 Å². The molecule has 0 spiro atoms. The van der Waals surface area contributed by atoms with E-state index >= 15 is 0 Å². The van der Waals surface area contributed by atoms with Crippen LogP contribution in [0.2, 0.25) is 0 Å². The number of amides is 1. The molecule has 0 atom stereocenters. The number of carbonyl (C=O) groups excluding carboxylic acids is 1. The molecule has 0 bridgehead atoms. The first kappa shape index (κ1) is 13.4. The molecule has 0 aliphatic carbocycles. The third-order valence-corrected chi connectivity index (χ3v) is 2.58. The lowest BCUT2D eigenvalue weighted by atomic mass is 10.0. The second kappa shape index (κ2) is 5.31. The van der Waals surface area contributed by atoms with Gasteiger partial charge in [-0.05, 0) is 35.4 Å². The summed E-state index contributed by atoms with van der Waals surface area (Å²) in [6.45, 7) is 0. The van der Waals surface area contributed by atoms with Crippen molar-refractivity contribution in [1.82, 2.24) is 0 Å². The van der Waals surface area contributed by atoms with Crippen LogP contribution in [0.25, 0.3) is 11.1 Å². The van der Waals surface area contributed by atoms with Gasteiger partial charge in [0, 0.05) is 11.6 Å². The normalized spacial score (nSPS) is 10.0. The summed E-state index contributed by atoms with van der Waals surface area (Å²) in [6.07, 6.45) is 0. The number of hydrogen-bond acceptors (Lipinski definition) is 3. The van der Waals surface area contributed by atoms with E-state index in [4.69, 9.17) is 11.5 Å². The molecule has 6 N–H and O–H groups in total. The van der Waals surface area contributed by atoms with E-state index in [-0.39, 0.29) is 17.5 Å². The molecule has 0 fully saturated rings. The molecule has 0 aromatic heterocycles. The van der Waals surface area contributed by atoms with Gasteiger partial charge in [0.2, 0.25) is 0 Å². The smallest absolute Gasteiger partial charge is 0.280 e. The number of aliphatic imine (C=N–C) groups is 1. The van der Waals surface area contributed by atoms with Crippen molar-refractivity contribution in [2.75, 3.05) is 0 Å². The standard InChI is InChI=1S/C14H13N3O3/c15-14(16)17-13(20)9-3-1-2-8(4-9)10-5-11(18)7-12(19)6-10/h1-7,18-19H,(H4,15,16,17,20). The number of aromatic hydroxyl groups is 2. The van der Waals surface area contributed by atoms with E-state index in [9.17, 15) is 15.0 Å². The lowest BCUT2D eigenvalue weighted by Crippen LogP contribution is -2.24. The van der Waals surface area contributed by atoms with Gasteiger partial charge in [-0.3, -0.25) is 4.79 Å². The highest BCUT2D eigenvalue weighted by Crippen LogP contribution is 2.29. The Balaban J connectivity index is 2.44.